The first-order valence-electron chi connectivity index (χ1n) is 7.49. The standard InChI is InChI=1S/C18H18F3NO2/c19-18(20,21)16-9-5-4-8-14(16)11-17(24)22-15(12-23)10-13-6-2-1-3-7-13/h1-9,15,23H,10-12H2,(H,22,24). The Morgan fingerprint density at radius 1 is 1.04 bits per heavy atom. The summed E-state index contributed by atoms with van der Waals surface area (Å²) in [6.07, 6.45) is -4.48. The van der Waals surface area contributed by atoms with Crippen LogP contribution in [0.4, 0.5) is 13.2 Å². The van der Waals surface area contributed by atoms with E-state index in [9.17, 15) is 23.1 Å². The largest absolute Gasteiger partial charge is 0.416 e. The minimum Gasteiger partial charge on any atom is -0.394 e. The second-order valence-corrected chi connectivity index (χ2v) is 5.47. The van der Waals surface area contributed by atoms with Crippen molar-refractivity contribution in [1.82, 2.24) is 5.32 Å². The number of amides is 1. The van der Waals surface area contributed by atoms with E-state index in [0.29, 0.717) is 6.42 Å². The highest BCUT2D eigenvalue weighted by atomic mass is 19.4. The van der Waals surface area contributed by atoms with E-state index < -0.39 is 23.7 Å². The van der Waals surface area contributed by atoms with Gasteiger partial charge in [-0.1, -0.05) is 48.5 Å². The molecule has 0 bridgehead atoms. The predicted octanol–water partition coefficient (Wildman–Crippen LogP) is 2.97. The zero-order valence-corrected chi connectivity index (χ0v) is 12.9. The van der Waals surface area contributed by atoms with Crippen LogP contribution in [-0.2, 0) is 23.8 Å². The number of rotatable bonds is 6. The monoisotopic (exact) mass is 337 g/mol. The van der Waals surface area contributed by atoms with Gasteiger partial charge >= 0.3 is 6.18 Å². The summed E-state index contributed by atoms with van der Waals surface area (Å²) in [7, 11) is 0. The molecule has 2 aromatic rings. The van der Waals surface area contributed by atoms with Crippen molar-refractivity contribution < 1.29 is 23.1 Å². The van der Waals surface area contributed by atoms with Gasteiger partial charge in [0.2, 0.25) is 5.91 Å². The number of aliphatic hydroxyl groups excluding tert-OH is 1. The molecule has 0 spiro atoms. The summed E-state index contributed by atoms with van der Waals surface area (Å²) < 4.78 is 38.8. The van der Waals surface area contributed by atoms with Gasteiger partial charge in [-0.2, -0.15) is 13.2 Å². The van der Waals surface area contributed by atoms with Crippen molar-refractivity contribution >= 4 is 5.91 Å². The lowest BCUT2D eigenvalue weighted by Crippen LogP contribution is -2.40. The van der Waals surface area contributed by atoms with E-state index in [1.54, 1.807) is 0 Å². The lowest BCUT2D eigenvalue weighted by Gasteiger charge is -2.17. The molecule has 128 valence electrons. The SMILES string of the molecule is O=C(Cc1ccccc1C(F)(F)F)NC(CO)Cc1ccccc1. The van der Waals surface area contributed by atoms with E-state index in [1.165, 1.54) is 18.2 Å². The average molecular weight is 337 g/mol. The van der Waals surface area contributed by atoms with E-state index in [0.717, 1.165) is 11.6 Å². The molecule has 0 aromatic heterocycles. The van der Waals surface area contributed by atoms with Crippen LogP contribution in [0, 0.1) is 0 Å². The molecule has 0 fully saturated rings. The van der Waals surface area contributed by atoms with Gasteiger partial charge in [0.1, 0.15) is 0 Å². The highest BCUT2D eigenvalue weighted by Crippen LogP contribution is 2.31. The molecular weight excluding hydrogens is 319 g/mol. The smallest absolute Gasteiger partial charge is 0.394 e. The lowest BCUT2D eigenvalue weighted by atomic mass is 10.0. The molecule has 0 aliphatic heterocycles. The average Bonchev–Trinajstić information content (AvgIpc) is 2.54. The first-order chi connectivity index (χ1) is 11.4. The van der Waals surface area contributed by atoms with Crippen LogP contribution in [0.15, 0.2) is 54.6 Å². The summed E-state index contributed by atoms with van der Waals surface area (Å²) in [5.74, 6) is -0.554. The Bertz CT molecular complexity index is 671. The van der Waals surface area contributed by atoms with E-state index in [1.807, 2.05) is 30.3 Å². The van der Waals surface area contributed by atoms with Crippen molar-refractivity contribution in [2.75, 3.05) is 6.61 Å². The van der Waals surface area contributed by atoms with Gasteiger partial charge in [0.15, 0.2) is 0 Å². The third-order valence-corrected chi connectivity index (χ3v) is 3.58. The van der Waals surface area contributed by atoms with Crippen molar-refractivity contribution in [3.8, 4) is 0 Å². The maximum Gasteiger partial charge on any atom is 0.416 e. The molecule has 0 heterocycles. The minimum atomic E-state index is -4.50. The number of halogens is 3. The summed E-state index contributed by atoms with van der Waals surface area (Å²) in [5.41, 5.74) is 0.0233. The molecule has 24 heavy (non-hydrogen) atoms. The van der Waals surface area contributed by atoms with Gasteiger partial charge in [0.25, 0.3) is 0 Å². The molecule has 3 nitrogen and oxygen atoms in total. The minimum absolute atomic E-state index is 0.0844. The van der Waals surface area contributed by atoms with Crippen molar-refractivity contribution in [2.45, 2.75) is 25.1 Å². The number of carbonyl (C=O) groups excluding carboxylic acids is 1. The number of hydrogen-bond acceptors (Lipinski definition) is 2. The van der Waals surface area contributed by atoms with Crippen LogP contribution in [0.1, 0.15) is 16.7 Å². The molecule has 6 heteroatoms. The number of aliphatic hydroxyl groups is 1. The lowest BCUT2D eigenvalue weighted by molar-refractivity contribution is -0.138. The second kappa shape index (κ2) is 7.97. The Labute approximate surface area is 138 Å². The highest BCUT2D eigenvalue weighted by Gasteiger charge is 2.33. The molecule has 0 saturated heterocycles. The normalized spacial score (nSPS) is 12.7. The Morgan fingerprint density at radius 2 is 1.67 bits per heavy atom. The van der Waals surface area contributed by atoms with E-state index in [-0.39, 0.29) is 18.6 Å². The van der Waals surface area contributed by atoms with Gasteiger partial charge in [-0.05, 0) is 23.6 Å². The molecule has 1 amide bonds. The van der Waals surface area contributed by atoms with Crippen molar-refractivity contribution in [1.29, 1.82) is 0 Å². The van der Waals surface area contributed by atoms with Crippen LogP contribution in [0.2, 0.25) is 0 Å². The Balaban J connectivity index is 2.02. The molecule has 2 rings (SSSR count). The van der Waals surface area contributed by atoms with E-state index in [2.05, 4.69) is 5.32 Å². The fourth-order valence-corrected chi connectivity index (χ4v) is 2.46. The fourth-order valence-electron chi connectivity index (χ4n) is 2.46. The topological polar surface area (TPSA) is 49.3 Å². The maximum atomic E-state index is 12.9. The maximum absolute atomic E-state index is 12.9. The summed E-state index contributed by atoms with van der Waals surface area (Å²) >= 11 is 0. The van der Waals surface area contributed by atoms with Crippen molar-refractivity contribution in [3.05, 3.63) is 71.3 Å². The van der Waals surface area contributed by atoms with Crippen LogP contribution in [0.25, 0.3) is 0 Å². The summed E-state index contributed by atoms with van der Waals surface area (Å²) in [5, 5.41) is 12.0. The van der Waals surface area contributed by atoms with Crippen LogP contribution in [-0.4, -0.2) is 23.7 Å². The predicted molar refractivity (Wildman–Crippen MR) is 84.3 cm³/mol. The Kier molecular flexibility index (Phi) is 5.98. The molecule has 0 radical (unpaired) electrons. The van der Waals surface area contributed by atoms with Crippen LogP contribution in [0.3, 0.4) is 0 Å². The number of alkyl halides is 3. The number of benzene rings is 2. The van der Waals surface area contributed by atoms with Crippen LogP contribution >= 0.6 is 0 Å². The van der Waals surface area contributed by atoms with Gasteiger partial charge in [-0.3, -0.25) is 4.79 Å². The second-order valence-electron chi connectivity index (χ2n) is 5.47. The van der Waals surface area contributed by atoms with Gasteiger partial charge in [-0.15, -0.1) is 0 Å². The van der Waals surface area contributed by atoms with Gasteiger partial charge in [-0.25, -0.2) is 0 Å². The summed E-state index contributed by atoms with van der Waals surface area (Å²) in [6.45, 7) is -0.290. The first-order valence-corrected chi connectivity index (χ1v) is 7.49. The van der Waals surface area contributed by atoms with Crippen LogP contribution < -0.4 is 5.32 Å². The molecule has 0 aliphatic carbocycles. The van der Waals surface area contributed by atoms with Gasteiger partial charge < -0.3 is 10.4 Å². The molecule has 0 aliphatic rings. The molecule has 2 aromatic carbocycles. The molecule has 2 N–H and O–H groups in total. The van der Waals surface area contributed by atoms with Crippen molar-refractivity contribution in [2.24, 2.45) is 0 Å². The van der Waals surface area contributed by atoms with Crippen molar-refractivity contribution in [3.63, 3.8) is 0 Å². The zero-order chi connectivity index (χ0) is 17.6. The van der Waals surface area contributed by atoms with Gasteiger partial charge in [0, 0.05) is 0 Å². The van der Waals surface area contributed by atoms with E-state index >= 15 is 0 Å². The number of nitrogens with one attached hydrogen (secondary N) is 1. The Morgan fingerprint density at radius 3 is 2.29 bits per heavy atom. The Hall–Kier alpha value is -2.34. The first kappa shape index (κ1) is 18.0. The van der Waals surface area contributed by atoms with Gasteiger partial charge in [0.05, 0.1) is 24.6 Å². The third kappa shape index (κ3) is 5.09. The number of hydrogen-bond donors (Lipinski definition) is 2. The molecule has 0 saturated carbocycles. The molecular formula is C18H18F3NO2. The highest BCUT2D eigenvalue weighted by molar-refractivity contribution is 5.79. The molecule has 1 unspecified atom stereocenters. The zero-order valence-electron chi connectivity index (χ0n) is 12.9. The fraction of sp³-hybridized carbons (Fsp3) is 0.278. The quantitative estimate of drug-likeness (QED) is 0.851. The van der Waals surface area contributed by atoms with E-state index in [4.69, 9.17) is 0 Å². The summed E-state index contributed by atoms with van der Waals surface area (Å²) in [6, 6.07) is 13.7. The third-order valence-electron chi connectivity index (χ3n) is 3.58. The summed E-state index contributed by atoms with van der Waals surface area (Å²) in [4.78, 5) is 12.1. The van der Waals surface area contributed by atoms with Crippen LogP contribution in [0.5, 0.6) is 0 Å². The molecule has 1 atom stereocenters. The number of carbonyl (C=O) groups is 1.